The van der Waals surface area contributed by atoms with Crippen molar-refractivity contribution < 1.29 is 14.3 Å². The number of nitrogens with zero attached hydrogens (tertiary/aromatic N) is 1. The van der Waals surface area contributed by atoms with Crippen molar-refractivity contribution in [1.29, 1.82) is 0 Å². The molecule has 0 fully saturated rings. The second-order valence-corrected chi connectivity index (χ2v) is 8.19. The molecule has 0 spiro atoms. The van der Waals surface area contributed by atoms with Crippen LogP contribution >= 0.6 is 0 Å². The number of amides is 1. The lowest BCUT2D eigenvalue weighted by Crippen LogP contribution is -2.48. The molecule has 0 aromatic heterocycles. The Morgan fingerprint density at radius 1 is 1.10 bits per heavy atom. The number of ether oxygens (including phenoxy) is 2. The number of anilines is 3. The predicted molar refractivity (Wildman–Crippen MR) is 125 cm³/mol. The minimum absolute atomic E-state index is 0.173. The molecule has 1 aliphatic heterocycles. The Kier molecular flexibility index (Phi) is 5.71. The number of benzene rings is 3. The third-order valence-electron chi connectivity index (χ3n) is 5.15. The van der Waals surface area contributed by atoms with Crippen LogP contribution in [0.4, 0.5) is 17.1 Å². The summed E-state index contributed by atoms with van der Waals surface area (Å²) in [4.78, 5) is 14.8. The highest BCUT2D eigenvalue weighted by Crippen LogP contribution is 2.34. The molecule has 3 aromatic rings. The summed E-state index contributed by atoms with van der Waals surface area (Å²) in [5.74, 6) is 1.36. The van der Waals surface area contributed by atoms with Gasteiger partial charge in [0.2, 0.25) is 0 Å². The van der Waals surface area contributed by atoms with Crippen molar-refractivity contribution in [3.63, 3.8) is 0 Å². The van der Waals surface area contributed by atoms with Crippen LogP contribution in [0.2, 0.25) is 0 Å². The minimum atomic E-state index is -0.419. The van der Waals surface area contributed by atoms with E-state index < -0.39 is 5.54 Å². The van der Waals surface area contributed by atoms with Gasteiger partial charge in [-0.15, -0.1) is 0 Å². The zero-order chi connectivity index (χ0) is 21.8. The van der Waals surface area contributed by atoms with Crippen molar-refractivity contribution >= 4 is 23.0 Å². The van der Waals surface area contributed by atoms with E-state index in [1.807, 2.05) is 92.6 Å². The molecule has 1 atom stereocenters. The molecule has 31 heavy (non-hydrogen) atoms. The molecule has 0 saturated carbocycles. The van der Waals surface area contributed by atoms with Crippen LogP contribution in [0.1, 0.15) is 17.3 Å². The van der Waals surface area contributed by atoms with Crippen LogP contribution in [0.3, 0.4) is 0 Å². The Morgan fingerprint density at radius 3 is 2.68 bits per heavy atom. The number of carbonyl (C=O) groups is 1. The second-order valence-electron chi connectivity index (χ2n) is 8.19. The van der Waals surface area contributed by atoms with Gasteiger partial charge in [0, 0.05) is 31.0 Å². The number of hydrogen-bond acceptors (Lipinski definition) is 5. The molecule has 160 valence electrons. The maximum Gasteiger partial charge on any atom is 0.255 e. The minimum Gasteiger partial charge on any atom is -0.491 e. The molecule has 0 radical (unpaired) electrons. The van der Waals surface area contributed by atoms with Crippen LogP contribution in [0.5, 0.6) is 11.5 Å². The van der Waals surface area contributed by atoms with Gasteiger partial charge >= 0.3 is 0 Å². The average molecular weight is 418 g/mol. The quantitative estimate of drug-likeness (QED) is 0.611. The molecule has 6 heteroatoms. The number of para-hydroxylation sites is 1. The van der Waals surface area contributed by atoms with Crippen LogP contribution in [0, 0.1) is 0 Å². The molecular formula is C25H27N3O3. The van der Waals surface area contributed by atoms with E-state index in [1.54, 1.807) is 6.07 Å². The third-order valence-corrected chi connectivity index (χ3v) is 5.15. The summed E-state index contributed by atoms with van der Waals surface area (Å²) in [6, 6.07) is 22.8. The van der Waals surface area contributed by atoms with Gasteiger partial charge in [0.1, 0.15) is 30.3 Å². The van der Waals surface area contributed by atoms with E-state index in [0.717, 1.165) is 28.6 Å². The van der Waals surface area contributed by atoms with Gasteiger partial charge in [-0.1, -0.05) is 24.3 Å². The van der Waals surface area contributed by atoms with E-state index in [1.165, 1.54) is 0 Å². The van der Waals surface area contributed by atoms with Crippen molar-refractivity contribution in [3.8, 4) is 11.5 Å². The van der Waals surface area contributed by atoms with Gasteiger partial charge in [-0.3, -0.25) is 4.79 Å². The SMILES string of the molecule is CN(C)c1cccc(NC(=O)c2ccc3c(c2)NC(C)(COc2ccccc2)CO3)c1. The summed E-state index contributed by atoms with van der Waals surface area (Å²) in [6.45, 7) is 2.94. The normalized spacial score (nSPS) is 17.0. The van der Waals surface area contributed by atoms with E-state index >= 15 is 0 Å². The van der Waals surface area contributed by atoms with E-state index in [2.05, 4.69) is 10.6 Å². The van der Waals surface area contributed by atoms with Gasteiger partial charge < -0.3 is 25.0 Å². The van der Waals surface area contributed by atoms with Gasteiger partial charge in [-0.25, -0.2) is 0 Å². The summed E-state index contributed by atoms with van der Waals surface area (Å²) < 4.78 is 11.9. The summed E-state index contributed by atoms with van der Waals surface area (Å²) >= 11 is 0. The van der Waals surface area contributed by atoms with Crippen LogP contribution in [0.15, 0.2) is 72.8 Å². The molecule has 0 aliphatic carbocycles. The molecule has 6 nitrogen and oxygen atoms in total. The number of carbonyl (C=O) groups excluding carboxylic acids is 1. The Balaban J connectivity index is 1.46. The summed E-state index contributed by atoms with van der Waals surface area (Å²) in [5.41, 5.74) is 2.68. The number of hydrogen-bond donors (Lipinski definition) is 2. The fourth-order valence-electron chi connectivity index (χ4n) is 3.40. The molecule has 1 unspecified atom stereocenters. The molecule has 1 amide bonds. The summed E-state index contributed by atoms with van der Waals surface area (Å²) in [6.07, 6.45) is 0. The monoisotopic (exact) mass is 417 g/mol. The van der Waals surface area contributed by atoms with Crippen molar-refractivity contribution in [2.24, 2.45) is 0 Å². The zero-order valence-electron chi connectivity index (χ0n) is 18.0. The topological polar surface area (TPSA) is 62.8 Å². The Bertz CT molecular complexity index is 1070. The molecule has 4 rings (SSSR count). The second kappa shape index (κ2) is 8.60. The zero-order valence-corrected chi connectivity index (χ0v) is 18.0. The molecule has 0 bridgehead atoms. The fraction of sp³-hybridized carbons (Fsp3) is 0.240. The number of fused-ring (bicyclic) bond motifs is 1. The van der Waals surface area contributed by atoms with Crippen LogP contribution < -0.4 is 25.0 Å². The van der Waals surface area contributed by atoms with E-state index in [-0.39, 0.29) is 5.91 Å². The molecule has 1 aliphatic rings. The fourth-order valence-corrected chi connectivity index (χ4v) is 3.40. The molecular weight excluding hydrogens is 390 g/mol. The highest BCUT2D eigenvalue weighted by molar-refractivity contribution is 6.05. The molecule has 0 saturated heterocycles. The van der Waals surface area contributed by atoms with Gasteiger partial charge in [-0.2, -0.15) is 0 Å². The molecule has 1 heterocycles. The van der Waals surface area contributed by atoms with Gasteiger partial charge in [0.15, 0.2) is 0 Å². The lowest BCUT2D eigenvalue weighted by molar-refractivity contribution is 0.102. The third kappa shape index (κ3) is 4.91. The number of rotatable bonds is 6. The molecule has 3 aromatic carbocycles. The highest BCUT2D eigenvalue weighted by atomic mass is 16.5. The Labute approximate surface area is 182 Å². The van der Waals surface area contributed by atoms with Crippen molar-refractivity contribution in [2.75, 3.05) is 42.8 Å². The van der Waals surface area contributed by atoms with Crippen LogP contribution in [-0.2, 0) is 0 Å². The lowest BCUT2D eigenvalue weighted by atomic mass is 10.0. The van der Waals surface area contributed by atoms with Crippen molar-refractivity contribution in [1.82, 2.24) is 0 Å². The number of nitrogens with one attached hydrogen (secondary N) is 2. The van der Waals surface area contributed by atoms with Crippen LogP contribution in [-0.4, -0.2) is 38.8 Å². The van der Waals surface area contributed by atoms with E-state index in [0.29, 0.717) is 18.8 Å². The average Bonchev–Trinajstić information content (AvgIpc) is 2.78. The van der Waals surface area contributed by atoms with E-state index in [9.17, 15) is 4.79 Å². The highest BCUT2D eigenvalue weighted by Gasteiger charge is 2.32. The first-order valence-corrected chi connectivity index (χ1v) is 10.2. The predicted octanol–water partition coefficient (Wildman–Crippen LogP) is 4.65. The van der Waals surface area contributed by atoms with Crippen molar-refractivity contribution in [3.05, 3.63) is 78.4 Å². The largest absolute Gasteiger partial charge is 0.491 e. The van der Waals surface area contributed by atoms with Gasteiger partial charge in [0.05, 0.1) is 5.69 Å². The van der Waals surface area contributed by atoms with Crippen molar-refractivity contribution in [2.45, 2.75) is 12.5 Å². The Hall–Kier alpha value is -3.67. The first-order chi connectivity index (χ1) is 14.9. The Morgan fingerprint density at radius 2 is 1.90 bits per heavy atom. The van der Waals surface area contributed by atoms with Crippen LogP contribution in [0.25, 0.3) is 0 Å². The first kappa shape index (κ1) is 20.6. The summed E-state index contributed by atoms with van der Waals surface area (Å²) in [5, 5.41) is 6.46. The van der Waals surface area contributed by atoms with Gasteiger partial charge in [0.25, 0.3) is 5.91 Å². The van der Waals surface area contributed by atoms with Gasteiger partial charge in [-0.05, 0) is 55.5 Å². The van der Waals surface area contributed by atoms with E-state index in [4.69, 9.17) is 9.47 Å². The maximum absolute atomic E-state index is 12.8. The smallest absolute Gasteiger partial charge is 0.255 e. The lowest BCUT2D eigenvalue weighted by Gasteiger charge is -2.36. The summed E-state index contributed by atoms with van der Waals surface area (Å²) in [7, 11) is 3.93. The maximum atomic E-state index is 12.8. The standard InChI is InChI=1S/C25H27N3O3/c1-25(16-30-21-10-5-4-6-11-21)17-31-23-13-12-18(14-22(23)27-25)24(29)26-19-8-7-9-20(15-19)28(2)3/h4-15,27H,16-17H2,1-3H3,(H,26,29). The molecule has 2 N–H and O–H groups in total. The first-order valence-electron chi connectivity index (χ1n) is 10.2.